The Hall–Kier alpha value is 0.480. The van der Waals surface area contributed by atoms with Crippen molar-refractivity contribution < 1.29 is 0 Å². The first-order valence-electron chi connectivity index (χ1n) is 8.12. The molecule has 18 heavy (non-hydrogen) atoms. The third kappa shape index (κ3) is 11.6. The fourth-order valence-electron chi connectivity index (χ4n) is 2.24. The Morgan fingerprint density at radius 1 is 0.722 bits per heavy atom. The van der Waals surface area contributed by atoms with Crippen molar-refractivity contribution in [1.29, 1.82) is 0 Å². The molecule has 1 unspecified atom stereocenters. The van der Waals surface area contributed by atoms with Gasteiger partial charge in [0, 0.05) is 4.83 Å². The maximum Gasteiger partial charge on any atom is 0.0194 e. The molecule has 0 nitrogen and oxygen atoms in total. The molecule has 0 aliphatic carbocycles. The molecule has 110 valence electrons. The van der Waals surface area contributed by atoms with Gasteiger partial charge in [0.1, 0.15) is 0 Å². The van der Waals surface area contributed by atoms with Crippen LogP contribution in [0.25, 0.3) is 0 Å². The van der Waals surface area contributed by atoms with Crippen molar-refractivity contribution in [2.24, 2.45) is 5.41 Å². The van der Waals surface area contributed by atoms with E-state index in [1.54, 1.807) is 0 Å². The lowest BCUT2D eigenvalue weighted by molar-refractivity contribution is 0.376. The van der Waals surface area contributed by atoms with E-state index in [0.717, 1.165) is 0 Å². The molecular formula is C17H35Br. The Morgan fingerprint density at radius 3 is 1.50 bits per heavy atom. The van der Waals surface area contributed by atoms with Crippen LogP contribution in [0.5, 0.6) is 0 Å². The van der Waals surface area contributed by atoms with Gasteiger partial charge < -0.3 is 0 Å². The van der Waals surface area contributed by atoms with Crippen LogP contribution in [-0.2, 0) is 0 Å². The first-order chi connectivity index (χ1) is 8.48. The highest BCUT2D eigenvalue weighted by Gasteiger charge is 2.20. The largest absolute Gasteiger partial charge is 0.0885 e. The SMILES string of the molecule is CCCCCCCCCCCCC(Br)C(C)(C)C. The molecule has 0 bridgehead atoms. The van der Waals surface area contributed by atoms with Crippen LogP contribution in [0.1, 0.15) is 98.3 Å². The minimum atomic E-state index is 0.416. The van der Waals surface area contributed by atoms with E-state index >= 15 is 0 Å². The summed E-state index contributed by atoms with van der Waals surface area (Å²) in [5.41, 5.74) is 0.416. The van der Waals surface area contributed by atoms with Gasteiger partial charge in [0.05, 0.1) is 0 Å². The van der Waals surface area contributed by atoms with Gasteiger partial charge in [-0.25, -0.2) is 0 Å². The number of hydrogen-bond acceptors (Lipinski definition) is 0. The number of unbranched alkanes of at least 4 members (excludes halogenated alkanes) is 9. The molecular weight excluding hydrogens is 284 g/mol. The van der Waals surface area contributed by atoms with Crippen molar-refractivity contribution in [3.05, 3.63) is 0 Å². The van der Waals surface area contributed by atoms with Gasteiger partial charge in [-0.15, -0.1) is 0 Å². The summed E-state index contributed by atoms with van der Waals surface area (Å²) in [7, 11) is 0. The third-order valence-electron chi connectivity index (χ3n) is 3.75. The van der Waals surface area contributed by atoms with E-state index in [1.807, 2.05) is 0 Å². The van der Waals surface area contributed by atoms with E-state index in [4.69, 9.17) is 0 Å². The van der Waals surface area contributed by atoms with Gasteiger partial charge in [-0.3, -0.25) is 0 Å². The molecule has 0 heterocycles. The van der Waals surface area contributed by atoms with Crippen molar-refractivity contribution in [3.8, 4) is 0 Å². The quantitative estimate of drug-likeness (QED) is 0.281. The molecule has 0 saturated carbocycles. The Morgan fingerprint density at radius 2 is 1.11 bits per heavy atom. The molecule has 0 rings (SSSR count). The molecule has 0 aliphatic rings. The first kappa shape index (κ1) is 18.5. The van der Waals surface area contributed by atoms with E-state index in [9.17, 15) is 0 Å². The fraction of sp³-hybridized carbons (Fsp3) is 1.00. The second-order valence-electron chi connectivity index (χ2n) is 6.80. The average molecular weight is 319 g/mol. The maximum absolute atomic E-state index is 3.82. The van der Waals surface area contributed by atoms with Crippen LogP contribution in [0.15, 0.2) is 0 Å². The highest BCUT2D eigenvalue weighted by molar-refractivity contribution is 9.09. The van der Waals surface area contributed by atoms with Gasteiger partial charge in [0.25, 0.3) is 0 Å². The molecule has 1 atom stereocenters. The molecule has 1 heteroatoms. The topological polar surface area (TPSA) is 0 Å². The molecule has 0 saturated heterocycles. The number of halogens is 1. The Labute approximate surface area is 124 Å². The van der Waals surface area contributed by atoms with Crippen molar-refractivity contribution >= 4 is 15.9 Å². The van der Waals surface area contributed by atoms with Gasteiger partial charge in [0.2, 0.25) is 0 Å². The number of hydrogen-bond donors (Lipinski definition) is 0. The molecule has 0 amide bonds. The highest BCUT2D eigenvalue weighted by atomic mass is 79.9. The van der Waals surface area contributed by atoms with Crippen LogP contribution in [0.3, 0.4) is 0 Å². The molecule has 0 aromatic heterocycles. The van der Waals surface area contributed by atoms with Gasteiger partial charge >= 0.3 is 0 Å². The van der Waals surface area contributed by atoms with Crippen molar-refractivity contribution in [3.63, 3.8) is 0 Å². The Bertz CT molecular complexity index is 169. The molecule has 0 fully saturated rings. The van der Waals surface area contributed by atoms with Gasteiger partial charge in [-0.2, -0.15) is 0 Å². The van der Waals surface area contributed by atoms with Crippen LogP contribution in [0.2, 0.25) is 0 Å². The van der Waals surface area contributed by atoms with Crippen LogP contribution >= 0.6 is 15.9 Å². The summed E-state index contributed by atoms with van der Waals surface area (Å²) in [6.45, 7) is 9.25. The molecule has 0 radical (unpaired) electrons. The predicted octanol–water partition coefficient (Wildman–Crippen LogP) is 7.11. The molecule has 0 N–H and O–H groups in total. The van der Waals surface area contributed by atoms with Crippen LogP contribution in [0.4, 0.5) is 0 Å². The Kier molecular flexibility index (Phi) is 11.6. The summed E-state index contributed by atoms with van der Waals surface area (Å²) in [5.74, 6) is 0. The summed E-state index contributed by atoms with van der Waals surface area (Å²) in [6, 6.07) is 0. The van der Waals surface area contributed by atoms with Crippen LogP contribution in [0, 0.1) is 5.41 Å². The average Bonchev–Trinajstić information content (AvgIpc) is 2.30. The molecule has 0 spiro atoms. The smallest absolute Gasteiger partial charge is 0.0194 e. The molecule has 0 aliphatic heterocycles. The van der Waals surface area contributed by atoms with Crippen molar-refractivity contribution in [1.82, 2.24) is 0 Å². The maximum atomic E-state index is 3.82. The third-order valence-corrected chi connectivity index (χ3v) is 5.58. The van der Waals surface area contributed by atoms with Gasteiger partial charge in [-0.1, -0.05) is 108 Å². The van der Waals surface area contributed by atoms with E-state index in [1.165, 1.54) is 70.6 Å². The number of alkyl halides is 1. The van der Waals surface area contributed by atoms with Crippen molar-refractivity contribution in [2.45, 2.75) is 103 Å². The summed E-state index contributed by atoms with van der Waals surface area (Å²) in [4.78, 5) is 0.680. The number of rotatable bonds is 11. The highest BCUT2D eigenvalue weighted by Crippen LogP contribution is 2.30. The minimum absolute atomic E-state index is 0.416. The zero-order chi connectivity index (χ0) is 13.9. The van der Waals surface area contributed by atoms with Gasteiger partial charge in [-0.05, 0) is 11.8 Å². The first-order valence-corrected chi connectivity index (χ1v) is 9.04. The normalized spacial score (nSPS) is 13.8. The standard InChI is InChI=1S/C17H35Br/c1-5-6-7-8-9-10-11-12-13-14-15-16(18)17(2,3)4/h16H,5-15H2,1-4H3. The summed E-state index contributed by atoms with van der Waals surface area (Å²) < 4.78 is 0. The lowest BCUT2D eigenvalue weighted by Gasteiger charge is -2.25. The lowest BCUT2D eigenvalue weighted by atomic mass is 9.89. The summed E-state index contributed by atoms with van der Waals surface area (Å²) in [5, 5.41) is 0. The van der Waals surface area contributed by atoms with Crippen molar-refractivity contribution in [2.75, 3.05) is 0 Å². The zero-order valence-corrected chi connectivity index (χ0v) is 14.8. The lowest BCUT2D eigenvalue weighted by Crippen LogP contribution is -2.19. The molecule has 0 aromatic carbocycles. The fourth-order valence-corrected chi connectivity index (χ4v) is 2.57. The van der Waals surface area contributed by atoms with Gasteiger partial charge in [0.15, 0.2) is 0 Å². The van der Waals surface area contributed by atoms with E-state index in [-0.39, 0.29) is 0 Å². The predicted molar refractivity (Wildman–Crippen MR) is 88.6 cm³/mol. The summed E-state index contributed by atoms with van der Waals surface area (Å²) in [6.07, 6.45) is 15.7. The zero-order valence-electron chi connectivity index (χ0n) is 13.2. The monoisotopic (exact) mass is 318 g/mol. The summed E-state index contributed by atoms with van der Waals surface area (Å²) >= 11 is 3.82. The second kappa shape index (κ2) is 11.3. The van der Waals surface area contributed by atoms with E-state index < -0.39 is 0 Å². The van der Waals surface area contributed by atoms with E-state index in [2.05, 4.69) is 43.6 Å². The second-order valence-corrected chi connectivity index (χ2v) is 7.91. The van der Waals surface area contributed by atoms with E-state index in [0.29, 0.717) is 10.2 Å². The van der Waals surface area contributed by atoms with Crippen LogP contribution < -0.4 is 0 Å². The Balaban J connectivity index is 3.17. The molecule has 0 aromatic rings. The van der Waals surface area contributed by atoms with Crippen LogP contribution in [-0.4, -0.2) is 4.83 Å². The minimum Gasteiger partial charge on any atom is -0.0885 e.